The molecule has 0 fully saturated rings. The molecule has 0 rings (SSSR count). The van der Waals surface area contributed by atoms with Gasteiger partial charge in [0, 0.05) is 12.8 Å². The molecule has 0 saturated carbocycles. The smallest absolute Gasteiger partial charge is 0.305 e. The summed E-state index contributed by atoms with van der Waals surface area (Å²) in [7, 11) is 0. The molecule has 6 nitrogen and oxygen atoms in total. The molecule has 0 spiro atoms. The predicted molar refractivity (Wildman–Crippen MR) is 334 cm³/mol. The summed E-state index contributed by atoms with van der Waals surface area (Å²) >= 11 is 0. The van der Waals surface area contributed by atoms with E-state index in [1.54, 1.807) is 0 Å². The zero-order chi connectivity index (χ0) is 55.0. The van der Waals surface area contributed by atoms with Crippen LogP contribution in [0.15, 0.2) is 0 Å². The molecule has 0 aromatic carbocycles. The molecule has 0 saturated heterocycles. The van der Waals surface area contributed by atoms with Crippen LogP contribution in [0.2, 0.25) is 0 Å². The van der Waals surface area contributed by atoms with Gasteiger partial charge in [-0.2, -0.15) is 0 Å². The highest BCUT2D eigenvalue weighted by molar-refractivity contribution is 5.76. The third kappa shape index (κ3) is 62.1. The van der Waals surface area contributed by atoms with Crippen molar-refractivity contribution in [3.8, 4) is 0 Å². The molecule has 0 radical (unpaired) electrons. The van der Waals surface area contributed by atoms with Gasteiger partial charge in [0.05, 0.1) is 25.4 Å². The van der Waals surface area contributed by atoms with E-state index in [2.05, 4.69) is 19.2 Å². The van der Waals surface area contributed by atoms with Gasteiger partial charge < -0.3 is 20.3 Å². The molecule has 0 aliphatic rings. The summed E-state index contributed by atoms with van der Waals surface area (Å²) < 4.78 is 5.48. The topological polar surface area (TPSA) is 95.9 Å². The van der Waals surface area contributed by atoms with E-state index in [1.165, 1.54) is 340 Å². The maximum atomic E-state index is 12.5. The lowest BCUT2D eigenvalue weighted by atomic mass is 10.0. The molecule has 6 heteroatoms. The lowest BCUT2D eigenvalue weighted by Gasteiger charge is -2.22. The summed E-state index contributed by atoms with van der Waals surface area (Å²) in [4.78, 5) is 24.6. The maximum absolute atomic E-state index is 12.5. The summed E-state index contributed by atoms with van der Waals surface area (Å²) in [6, 6.07) is -0.539. The van der Waals surface area contributed by atoms with Gasteiger partial charge in [-0.1, -0.05) is 373 Å². The summed E-state index contributed by atoms with van der Waals surface area (Å²) in [6.07, 6.45) is 80.1. The van der Waals surface area contributed by atoms with E-state index in [1.807, 2.05) is 0 Å². The van der Waals surface area contributed by atoms with E-state index < -0.39 is 12.1 Å². The molecule has 3 N–H and O–H groups in total. The molecule has 1 amide bonds. The number of aliphatic hydroxyl groups excluding tert-OH is 2. The zero-order valence-corrected chi connectivity index (χ0v) is 52.0. The fourth-order valence-corrected chi connectivity index (χ4v) is 11.5. The van der Waals surface area contributed by atoms with Crippen molar-refractivity contribution in [2.75, 3.05) is 13.2 Å². The number of carbonyl (C=O) groups excluding carboxylic acids is 2. The van der Waals surface area contributed by atoms with Crippen LogP contribution in [-0.2, 0) is 14.3 Å². The lowest BCUT2D eigenvalue weighted by molar-refractivity contribution is -0.143. The van der Waals surface area contributed by atoms with Crippen LogP contribution >= 0.6 is 0 Å². The van der Waals surface area contributed by atoms with Gasteiger partial charge in [-0.25, -0.2) is 0 Å². The summed E-state index contributed by atoms with van der Waals surface area (Å²) in [6.45, 7) is 5.00. The standard InChI is InChI=1S/C70H139NO5/c1-3-5-7-9-11-13-15-16-17-18-19-27-30-33-36-39-43-46-50-54-58-62-68(73)67(66-72)71-69(74)63-59-55-51-47-44-40-37-34-31-28-25-23-21-20-22-24-26-29-32-35-38-41-45-49-53-57-61-65-76-70(75)64-60-56-52-48-42-14-12-10-8-6-4-2/h67-68,72-73H,3-66H2,1-2H3,(H,71,74). The minimum Gasteiger partial charge on any atom is -0.466 e. The first kappa shape index (κ1) is 74.9. The summed E-state index contributed by atoms with van der Waals surface area (Å²) in [5.74, 6) is -0.00778. The van der Waals surface area contributed by atoms with Crippen LogP contribution in [0.3, 0.4) is 0 Å². The number of carbonyl (C=O) groups is 2. The Hall–Kier alpha value is -1.14. The van der Waals surface area contributed by atoms with Crippen LogP contribution in [0.5, 0.6) is 0 Å². The van der Waals surface area contributed by atoms with E-state index in [-0.39, 0.29) is 18.5 Å². The van der Waals surface area contributed by atoms with Crippen molar-refractivity contribution in [3.63, 3.8) is 0 Å². The van der Waals surface area contributed by atoms with Gasteiger partial charge in [0.15, 0.2) is 0 Å². The molecular formula is C70H139NO5. The second kappa shape index (κ2) is 66.4. The second-order valence-corrected chi connectivity index (χ2v) is 24.6. The van der Waals surface area contributed by atoms with Gasteiger partial charge >= 0.3 is 5.97 Å². The third-order valence-electron chi connectivity index (χ3n) is 16.9. The lowest BCUT2D eigenvalue weighted by Crippen LogP contribution is -2.45. The number of amides is 1. The molecule has 76 heavy (non-hydrogen) atoms. The molecule has 0 aromatic rings. The summed E-state index contributed by atoms with van der Waals surface area (Å²) in [5, 5.41) is 23.4. The van der Waals surface area contributed by atoms with Crippen molar-refractivity contribution in [3.05, 3.63) is 0 Å². The Labute approximate surface area is 476 Å². The molecule has 0 aliphatic carbocycles. The largest absolute Gasteiger partial charge is 0.466 e. The Kier molecular flexibility index (Phi) is 65.4. The zero-order valence-electron chi connectivity index (χ0n) is 52.0. The normalized spacial score (nSPS) is 12.4. The molecule has 0 aliphatic heterocycles. The number of unbranched alkanes of at least 4 members (excludes halogenated alkanes) is 56. The van der Waals surface area contributed by atoms with Crippen LogP contribution in [0.4, 0.5) is 0 Å². The van der Waals surface area contributed by atoms with E-state index in [0.29, 0.717) is 25.9 Å². The Morgan fingerprint density at radius 3 is 0.803 bits per heavy atom. The first-order valence-corrected chi connectivity index (χ1v) is 35.3. The quantitative estimate of drug-likeness (QED) is 0.0417. The number of rotatable bonds is 67. The van der Waals surface area contributed by atoms with Crippen molar-refractivity contribution in [1.29, 1.82) is 0 Å². The Balaban J connectivity index is 3.35. The SMILES string of the molecule is CCCCCCCCCCCCCCCCCCCCCCCC(O)C(CO)NC(=O)CCCCCCCCCCCCCCCCCCCCCCCCCCCCCOC(=O)CCCCCCCCCCCCC. The fraction of sp³-hybridized carbons (Fsp3) is 0.971. The third-order valence-corrected chi connectivity index (χ3v) is 16.9. The van der Waals surface area contributed by atoms with Crippen LogP contribution in [0.25, 0.3) is 0 Å². The van der Waals surface area contributed by atoms with Crippen LogP contribution in [-0.4, -0.2) is 47.4 Å². The molecule has 0 aromatic heterocycles. The highest BCUT2D eigenvalue weighted by Crippen LogP contribution is 2.20. The number of hydrogen-bond donors (Lipinski definition) is 3. The van der Waals surface area contributed by atoms with Gasteiger partial charge in [-0.15, -0.1) is 0 Å². The first-order chi connectivity index (χ1) is 37.5. The van der Waals surface area contributed by atoms with Gasteiger partial charge in [-0.3, -0.25) is 9.59 Å². The van der Waals surface area contributed by atoms with Gasteiger partial charge in [-0.05, 0) is 25.7 Å². The predicted octanol–water partition coefficient (Wildman–Crippen LogP) is 22.6. The number of esters is 1. The first-order valence-electron chi connectivity index (χ1n) is 35.3. The van der Waals surface area contributed by atoms with Crippen LogP contribution in [0, 0.1) is 0 Å². The van der Waals surface area contributed by atoms with E-state index >= 15 is 0 Å². The molecule has 2 unspecified atom stereocenters. The minimum atomic E-state index is -0.662. The molecule has 454 valence electrons. The Morgan fingerprint density at radius 2 is 0.539 bits per heavy atom. The van der Waals surface area contributed by atoms with Gasteiger partial charge in [0.1, 0.15) is 0 Å². The van der Waals surface area contributed by atoms with Crippen LogP contribution in [0.1, 0.15) is 412 Å². The number of aliphatic hydroxyl groups is 2. The average Bonchev–Trinajstić information content (AvgIpc) is 3.42. The van der Waals surface area contributed by atoms with Crippen molar-refractivity contribution in [1.82, 2.24) is 5.32 Å². The maximum Gasteiger partial charge on any atom is 0.305 e. The van der Waals surface area contributed by atoms with Gasteiger partial charge in [0.2, 0.25) is 5.91 Å². The molecule has 2 atom stereocenters. The summed E-state index contributed by atoms with van der Waals surface area (Å²) in [5.41, 5.74) is 0. The van der Waals surface area contributed by atoms with E-state index in [0.717, 1.165) is 38.5 Å². The van der Waals surface area contributed by atoms with E-state index in [9.17, 15) is 19.8 Å². The van der Waals surface area contributed by atoms with Crippen LogP contribution < -0.4 is 5.32 Å². The second-order valence-electron chi connectivity index (χ2n) is 24.6. The number of nitrogens with one attached hydrogen (secondary N) is 1. The highest BCUT2D eigenvalue weighted by atomic mass is 16.5. The van der Waals surface area contributed by atoms with Crippen molar-refractivity contribution in [2.24, 2.45) is 0 Å². The number of hydrogen-bond acceptors (Lipinski definition) is 5. The minimum absolute atomic E-state index is 0.0190. The highest BCUT2D eigenvalue weighted by Gasteiger charge is 2.20. The molecular weight excluding hydrogens is 935 g/mol. The molecule has 0 heterocycles. The molecule has 0 bridgehead atoms. The Bertz CT molecular complexity index is 1100. The van der Waals surface area contributed by atoms with Crippen molar-refractivity contribution < 1.29 is 24.5 Å². The monoisotopic (exact) mass is 1070 g/mol. The van der Waals surface area contributed by atoms with Crippen molar-refractivity contribution in [2.45, 2.75) is 424 Å². The number of ether oxygens (including phenoxy) is 1. The van der Waals surface area contributed by atoms with E-state index in [4.69, 9.17) is 4.74 Å². The van der Waals surface area contributed by atoms with Gasteiger partial charge in [0.25, 0.3) is 0 Å². The average molecular weight is 1070 g/mol. The van der Waals surface area contributed by atoms with Crippen molar-refractivity contribution >= 4 is 11.9 Å². The fourth-order valence-electron chi connectivity index (χ4n) is 11.5. The Morgan fingerprint density at radius 1 is 0.316 bits per heavy atom.